The van der Waals surface area contributed by atoms with E-state index in [1.54, 1.807) is 6.08 Å². The van der Waals surface area contributed by atoms with Crippen molar-refractivity contribution >= 4 is 34.4 Å². The second-order valence-corrected chi connectivity index (χ2v) is 11.2. The molecule has 0 spiro atoms. The van der Waals surface area contributed by atoms with Crippen LogP contribution in [0.2, 0.25) is 0 Å². The van der Waals surface area contributed by atoms with Crippen molar-refractivity contribution in [2.45, 2.75) is 89.5 Å². The third kappa shape index (κ3) is 7.67. The molecule has 0 aromatic heterocycles. The van der Waals surface area contributed by atoms with Gasteiger partial charge in [-0.05, 0) is 59.6 Å². The van der Waals surface area contributed by atoms with Gasteiger partial charge < -0.3 is 25.2 Å². The molecule has 3 N–H and O–H groups in total. The summed E-state index contributed by atoms with van der Waals surface area (Å²) in [5.74, 6) is 0.543. The lowest BCUT2D eigenvalue weighted by atomic mass is 9.86. The molecule has 2 amide bonds. The van der Waals surface area contributed by atoms with Crippen molar-refractivity contribution in [1.29, 1.82) is 0 Å². The Labute approximate surface area is 222 Å². The summed E-state index contributed by atoms with van der Waals surface area (Å²) in [6, 6.07) is 7.02. The maximum atomic E-state index is 13.6. The number of rotatable bonds is 9. The number of para-hydroxylation sites is 1. The van der Waals surface area contributed by atoms with E-state index in [2.05, 4.69) is 27.9 Å². The highest BCUT2D eigenvalue weighted by Crippen LogP contribution is 2.33. The topological polar surface area (TPSA) is 99.1 Å². The molecule has 2 aliphatic carbocycles. The van der Waals surface area contributed by atoms with Crippen LogP contribution in [0.1, 0.15) is 65.2 Å². The van der Waals surface area contributed by atoms with Gasteiger partial charge in [-0.15, -0.1) is 0 Å². The van der Waals surface area contributed by atoms with Crippen molar-refractivity contribution in [3.8, 4) is 5.75 Å². The van der Waals surface area contributed by atoms with Gasteiger partial charge in [0.15, 0.2) is 0 Å². The van der Waals surface area contributed by atoms with Crippen LogP contribution in [0.5, 0.6) is 5.75 Å². The molecule has 3 unspecified atom stereocenters. The van der Waals surface area contributed by atoms with Crippen molar-refractivity contribution in [2.24, 2.45) is 5.92 Å². The second-order valence-electron chi connectivity index (χ2n) is 9.99. The van der Waals surface area contributed by atoms with E-state index in [0.29, 0.717) is 17.7 Å². The Hall–Kier alpha value is -1.65. The number of aliphatic hydroxyl groups excluding tert-OH is 2. The van der Waals surface area contributed by atoms with Gasteiger partial charge in [0.2, 0.25) is 11.8 Å². The molecule has 1 saturated carbocycles. The van der Waals surface area contributed by atoms with Gasteiger partial charge in [0.25, 0.3) is 0 Å². The number of amides is 2. The first-order valence-electron chi connectivity index (χ1n) is 12.8. The van der Waals surface area contributed by atoms with Crippen LogP contribution in [0.25, 0.3) is 0 Å². The minimum Gasteiger partial charge on any atom is -0.482 e. The van der Waals surface area contributed by atoms with Gasteiger partial charge in [-0.2, -0.15) is 0 Å². The summed E-state index contributed by atoms with van der Waals surface area (Å²) in [6.45, 7) is 4.03. The molecule has 0 heterocycles. The van der Waals surface area contributed by atoms with Crippen molar-refractivity contribution in [1.82, 2.24) is 10.2 Å². The van der Waals surface area contributed by atoms with Crippen LogP contribution in [-0.4, -0.2) is 64.4 Å². The molecule has 1 aromatic rings. The Morgan fingerprint density at radius 3 is 2.49 bits per heavy atom. The predicted octanol–water partition coefficient (Wildman–Crippen LogP) is 3.80. The molecule has 8 heteroatoms. The average molecular weight is 599 g/mol. The monoisotopic (exact) mass is 598 g/mol. The highest BCUT2D eigenvalue weighted by molar-refractivity contribution is 14.1. The second kappa shape index (κ2) is 13.6. The molecule has 35 heavy (non-hydrogen) atoms. The molecule has 1 aromatic carbocycles. The minimum absolute atomic E-state index is 0.0287. The van der Waals surface area contributed by atoms with Crippen LogP contribution < -0.4 is 10.1 Å². The van der Waals surface area contributed by atoms with Crippen molar-refractivity contribution in [2.75, 3.05) is 13.2 Å². The Bertz CT molecular complexity index is 882. The van der Waals surface area contributed by atoms with Gasteiger partial charge in [-0.3, -0.25) is 9.59 Å². The van der Waals surface area contributed by atoms with Crippen molar-refractivity contribution in [3.05, 3.63) is 39.5 Å². The molecule has 2 aliphatic rings. The number of nitrogens with one attached hydrogen (secondary N) is 1. The number of aliphatic hydroxyl groups is 2. The van der Waals surface area contributed by atoms with Gasteiger partial charge in [0.1, 0.15) is 18.0 Å². The Balaban J connectivity index is 1.97. The minimum atomic E-state index is -0.972. The maximum absolute atomic E-state index is 13.6. The fourth-order valence-corrected chi connectivity index (χ4v) is 5.60. The van der Waals surface area contributed by atoms with Gasteiger partial charge in [0.05, 0.1) is 16.2 Å². The highest BCUT2D eigenvalue weighted by atomic mass is 127. The quantitative estimate of drug-likeness (QED) is 0.297. The third-order valence-electron chi connectivity index (χ3n) is 6.76. The third-order valence-corrected chi connectivity index (χ3v) is 7.65. The van der Waals surface area contributed by atoms with Crippen LogP contribution in [0, 0.1) is 9.49 Å². The van der Waals surface area contributed by atoms with E-state index in [1.807, 2.05) is 43.0 Å². The lowest BCUT2D eigenvalue weighted by Crippen LogP contribution is -2.58. The van der Waals surface area contributed by atoms with E-state index in [9.17, 15) is 19.8 Å². The molecular weight excluding hydrogens is 559 g/mol. The molecule has 0 radical (unpaired) electrons. The molecule has 194 valence electrons. The number of nitrogens with zero attached hydrogens (tertiary/aromatic N) is 1. The number of benzene rings is 1. The molecule has 0 bridgehead atoms. The SMILES string of the molecule is CC(C)CC(=O)N(C1CCCCCC1)C1CC(C(=O)NCCO)=CC(Oc2ccccc2I)C1O. The van der Waals surface area contributed by atoms with Gasteiger partial charge >= 0.3 is 0 Å². The Morgan fingerprint density at radius 1 is 1.17 bits per heavy atom. The zero-order valence-corrected chi connectivity index (χ0v) is 22.9. The number of ether oxygens (including phenoxy) is 1. The van der Waals surface area contributed by atoms with Crippen LogP contribution in [-0.2, 0) is 9.59 Å². The maximum Gasteiger partial charge on any atom is 0.247 e. The van der Waals surface area contributed by atoms with Crippen molar-refractivity contribution in [3.63, 3.8) is 0 Å². The molecule has 1 fully saturated rings. The standard InChI is InChI=1S/C27H39IN2O5/c1-18(2)15-25(32)30(20-9-5-3-4-6-10-20)22-16-19(27(34)29-13-14-31)17-24(26(22)33)35-23-12-8-7-11-21(23)28/h7-8,11-12,17-18,20,22,24,26,31,33H,3-6,9-10,13-16H2,1-2H3,(H,29,34). The molecular formula is C27H39IN2O5. The van der Waals surface area contributed by atoms with Crippen molar-refractivity contribution < 1.29 is 24.5 Å². The fraction of sp³-hybridized carbons (Fsp3) is 0.630. The molecule has 0 aliphatic heterocycles. The van der Waals surface area contributed by atoms with E-state index in [0.717, 1.165) is 42.1 Å². The van der Waals surface area contributed by atoms with Crippen LogP contribution in [0.3, 0.4) is 0 Å². The zero-order valence-electron chi connectivity index (χ0n) is 20.8. The summed E-state index contributed by atoms with van der Waals surface area (Å²) >= 11 is 2.18. The molecule has 0 saturated heterocycles. The number of hydrogen-bond acceptors (Lipinski definition) is 5. The van der Waals surface area contributed by atoms with E-state index in [4.69, 9.17) is 4.74 Å². The smallest absolute Gasteiger partial charge is 0.247 e. The number of carbonyl (C=O) groups excluding carboxylic acids is 2. The zero-order chi connectivity index (χ0) is 25.4. The first-order chi connectivity index (χ1) is 16.8. The number of hydrogen-bond donors (Lipinski definition) is 3. The average Bonchev–Trinajstić information content (AvgIpc) is 3.10. The Kier molecular flexibility index (Phi) is 10.9. The first kappa shape index (κ1) is 27.9. The largest absolute Gasteiger partial charge is 0.482 e. The van der Waals surface area contributed by atoms with E-state index in [-0.39, 0.29) is 43.3 Å². The van der Waals surface area contributed by atoms with Crippen LogP contribution >= 0.6 is 22.6 Å². The van der Waals surface area contributed by atoms with Gasteiger partial charge in [-0.25, -0.2) is 0 Å². The number of halogens is 1. The van der Waals surface area contributed by atoms with E-state index < -0.39 is 18.2 Å². The van der Waals surface area contributed by atoms with Gasteiger partial charge in [-0.1, -0.05) is 51.7 Å². The van der Waals surface area contributed by atoms with Crippen LogP contribution in [0.15, 0.2) is 35.9 Å². The van der Waals surface area contributed by atoms with Crippen LogP contribution in [0.4, 0.5) is 0 Å². The predicted molar refractivity (Wildman–Crippen MR) is 144 cm³/mol. The summed E-state index contributed by atoms with van der Waals surface area (Å²) in [4.78, 5) is 28.4. The fourth-order valence-electron chi connectivity index (χ4n) is 5.08. The lowest BCUT2D eigenvalue weighted by molar-refractivity contribution is -0.143. The molecule has 3 rings (SSSR count). The van der Waals surface area contributed by atoms with Gasteiger partial charge in [0, 0.05) is 31.0 Å². The summed E-state index contributed by atoms with van der Waals surface area (Å²) in [5.41, 5.74) is 0.473. The highest BCUT2D eigenvalue weighted by Gasteiger charge is 2.43. The molecule has 7 nitrogen and oxygen atoms in total. The normalized spacial score (nSPS) is 23.4. The molecule has 3 atom stereocenters. The summed E-state index contributed by atoms with van der Waals surface area (Å²) in [6.07, 6.45) is 6.82. The summed E-state index contributed by atoms with van der Waals surface area (Å²) in [5, 5.41) is 23.5. The lowest BCUT2D eigenvalue weighted by Gasteiger charge is -2.44. The summed E-state index contributed by atoms with van der Waals surface area (Å²) < 4.78 is 7.13. The van der Waals surface area contributed by atoms with E-state index in [1.165, 1.54) is 0 Å². The first-order valence-corrected chi connectivity index (χ1v) is 13.9. The summed E-state index contributed by atoms with van der Waals surface area (Å²) in [7, 11) is 0. The van der Waals surface area contributed by atoms with E-state index >= 15 is 0 Å². The number of carbonyl (C=O) groups is 2. The Morgan fingerprint density at radius 2 is 1.86 bits per heavy atom.